The fraction of sp³-hybridized carbons (Fsp3) is 0.471. The summed E-state index contributed by atoms with van der Waals surface area (Å²) in [5, 5.41) is 8.02. The van der Waals surface area contributed by atoms with E-state index < -0.39 is 0 Å². The maximum atomic E-state index is 12.4. The highest BCUT2D eigenvalue weighted by Crippen LogP contribution is 2.27. The Balaban J connectivity index is 0.00000182. The number of benzene rings is 1. The molecule has 0 aliphatic carbocycles. The highest BCUT2D eigenvalue weighted by molar-refractivity contribution is 6.30. The van der Waals surface area contributed by atoms with Gasteiger partial charge >= 0.3 is 0 Å². The molecule has 2 aliphatic heterocycles. The van der Waals surface area contributed by atoms with Gasteiger partial charge in [0.05, 0.1) is 0 Å². The Kier molecular flexibility index (Phi) is 5.61. The largest absolute Gasteiger partial charge is 0.342 e. The zero-order valence-electron chi connectivity index (χ0n) is 13.7. The van der Waals surface area contributed by atoms with Gasteiger partial charge in [0.1, 0.15) is 0 Å². The summed E-state index contributed by atoms with van der Waals surface area (Å²) in [6.45, 7) is 3.80. The van der Waals surface area contributed by atoms with Gasteiger partial charge in [0, 0.05) is 49.6 Å². The lowest BCUT2D eigenvalue weighted by molar-refractivity contribution is -0.130. The normalized spacial score (nSPS) is 21.9. The van der Waals surface area contributed by atoms with E-state index in [-0.39, 0.29) is 18.3 Å². The maximum absolute atomic E-state index is 12.4. The molecule has 1 amide bonds. The fourth-order valence-corrected chi connectivity index (χ4v) is 3.63. The second kappa shape index (κ2) is 7.72. The maximum Gasteiger partial charge on any atom is 0.227 e. The molecule has 0 saturated carbocycles. The third kappa shape index (κ3) is 3.97. The van der Waals surface area contributed by atoms with Crippen molar-refractivity contribution >= 4 is 29.9 Å². The molecule has 25 heavy (non-hydrogen) atoms. The van der Waals surface area contributed by atoms with Gasteiger partial charge in [-0.3, -0.25) is 4.79 Å². The van der Waals surface area contributed by atoms with Crippen LogP contribution in [0.25, 0.3) is 11.4 Å². The minimum Gasteiger partial charge on any atom is -0.342 e. The molecule has 2 atom stereocenters. The molecule has 2 saturated heterocycles. The van der Waals surface area contributed by atoms with Crippen molar-refractivity contribution in [3.63, 3.8) is 0 Å². The van der Waals surface area contributed by atoms with Gasteiger partial charge in [-0.05, 0) is 36.1 Å². The predicted octanol–water partition coefficient (Wildman–Crippen LogP) is 2.42. The van der Waals surface area contributed by atoms with E-state index >= 15 is 0 Å². The number of likely N-dealkylation sites (tertiary alicyclic amines) is 1. The molecule has 1 N–H and O–H groups in total. The Hall–Kier alpha value is -1.63. The zero-order chi connectivity index (χ0) is 16.5. The number of rotatable bonds is 4. The zero-order valence-corrected chi connectivity index (χ0v) is 15.2. The molecule has 4 rings (SSSR count). The van der Waals surface area contributed by atoms with Crippen molar-refractivity contribution in [2.24, 2.45) is 11.8 Å². The van der Waals surface area contributed by atoms with E-state index in [9.17, 15) is 4.79 Å². The molecule has 0 bridgehead atoms. The van der Waals surface area contributed by atoms with Crippen LogP contribution in [0.15, 0.2) is 28.8 Å². The predicted molar refractivity (Wildman–Crippen MR) is 96.7 cm³/mol. The minimum absolute atomic E-state index is 0. The van der Waals surface area contributed by atoms with E-state index in [1.165, 1.54) is 0 Å². The van der Waals surface area contributed by atoms with Crippen LogP contribution in [-0.4, -0.2) is 47.1 Å². The number of carbonyl (C=O) groups excluding carboxylic acids is 1. The quantitative estimate of drug-likeness (QED) is 0.878. The summed E-state index contributed by atoms with van der Waals surface area (Å²) >= 11 is 5.88. The number of hydrogen-bond acceptors (Lipinski definition) is 5. The van der Waals surface area contributed by atoms with Crippen LogP contribution in [0, 0.1) is 11.8 Å². The van der Waals surface area contributed by atoms with Crippen molar-refractivity contribution in [1.29, 1.82) is 0 Å². The first kappa shape index (κ1) is 18.2. The Morgan fingerprint density at radius 3 is 2.60 bits per heavy atom. The fourth-order valence-electron chi connectivity index (χ4n) is 3.50. The van der Waals surface area contributed by atoms with Crippen molar-refractivity contribution in [1.82, 2.24) is 20.4 Å². The van der Waals surface area contributed by atoms with Crippen molar-refractivity contribution in [2.45, 2.75) is 12.8 Å². The van der Waals surface area contributed by atoms with Gasteiger partial charge in [0.25, 0.3) is 0 Å². The summed E-state index contributed by atoms with van der Waals surface area (Å²) < 4.78 is 5.26. The van der Waals surface area contributed by atoms with Gasteiger partial charge in [-0.2, -0.15) is 4.98 Å². The van der Waals surface area contributed by atoms with Crippen molar-refractivity contribution in [3.8, 4) is 11.4 Å². The summed E-state index contributed by atoms with van der Waals surface area (Å²) in [5.41, 5.74) is 0.848. The standard InChI is InChI=1S/C17H19ClN4O2.ClH/c18-14-3-1-11(2-4-14)17-20-15(24-21-17)5-6-16(23)22-9-12-7-19-8-13(12)10-22;/h1-4,12-13,19H,5-10H2;1H/t12-,13+;. The van der Waals surface area contributed by atoms with Crippen LogP contribution in [-0.2, 0) is 11.2 Å². The molecule has 1 aromatic carbocycles. The second-order valence-corrected chi connectivity index (χ2v) is 6.93. The number of hydrogen-bond donors (Lipinski definition) is 1. The van der Waals surface area contributed by atoms with Crippen LogP contribution in [0.3, 0.4) is 0 Å². The van der Waals surface area contributed by atoms with Crippen LogP contribution in [0.1, 0.15) is 12.3 Å². The summed E-state index contributed by atoms with van der Waals surface area (Å²) in [5.74, 6) is 2.43. The minimum atomic E-state index is 0. The summed E-state index contributed by atoms with van der Waals surface area (Å²) in [4.78, 5) is 18.7. The topological polar surface area (TPSA) is 71.3 Å². The Labute approximate surface area is 157 Å². The summed E-state index contributed by atoms with van der Waals surface area (Å²) in [7, 11) is 0. The summed E-state index contributed by atoms with van der Waals surface area (Å²) in [6.07, 6.45) is 0.888. The molecule has 2 aromatic rings. The molecule has 1 aromatic heterocycles. The first-order valence-electron chi connectivity index (χ1n) is 8.26. The molecular formula is C17H20Cl2N4O2. The third-order valence-corrected chi connectivity index (χ3v) is 5.12. The Morgan fingerprint density at radius 1 is 1.24 bits per heavy atom. The van der Waals surface area contributed by atoms with Gasteiger partial charge in [-0.25, -0.2) is 0 Å². The van der Waals surface area contributed by atoms with Crippen LogP contribution in [0.4, 0.5) is 0 Å². The SMILES string of the molecule is Cl.O=C(CCc1nc(-c2ccc(Cl)cc2)no1)N1C[C@H]2CNC[C@H]2C1. The van der Waals surface area contributed by atoms with E-state index in [4.69, 9.17) is 16.1 Å². The summed E-state index contributed by atoms with van der Waals surface area (Å²) in [6, 6.07) is 7.27. The van der Waals surface area contributed by atoms with Crippen LogP contribution < -0.4 is 5.32 Å². The molecule has 0 spiro atoms. The molecule has 134 valence electrons. The Morgan fingerprint density at radius 2 is 1.92 bits per heavy atom. The van der Waals surface area contributed by atoms with E-state index in [1.54, 1.807) is 12.1 Å². The number of aryl methyl sites for hydroxylation is 1. The monoisotopic (exact) mass is 382 g/mol. The lowest BCUT2D eigenvalue weighted by atomic mass is 10.0. The number of nitrogens with one attached hydrogen (secondary N) is 1. The lowest BCUT2D eigenvalue weighted by Crippen LogP contribution is -2.32. The number of amides is 1. The Bertz CT molecular complexity index is 723. The third-order valence-electron chi connectivity index (χ3n) is 4.87. The molecule has 2 aliphatic rings. The van der Waals surface area contributed by atoms with Gasteiger partial charge in [0.15, 0.2) is 0 Å². The number of nitrogens with zero attached hydrogens (tertiary/aromatic N) is 3. The van der Waals surface area contributed by atoms with Crippen molar-refractivity contribution in [3.05, 3.63) is 35.2 Å². The van der Waals surface area contributed by atoms with E-state index in [1.807, 2.05) is 17.0 Å². The van der Waals surface area contributed by atoms with Gasteiger partial charge < -0.3 is 14.7 Å². The van der Waals surface area contributed by atoms with Gasteiger partial charge in [-0.15, -0.1) is 12.4 Å². The van der Waals surface area contributed by atoms with Crippen LogP contribution >= 0.6 is 24.0 Å². The number of fused-ring (bicyclic) bond motifs is 1. The number of aromatic nitrogens is 2. The average molecular weight is 383 g/mol. The lowest BCUT2D eigenvalue weighted by Gasteiger charge is -2.16. The second-order valence-electron chi connectivity index (χ2n) is 6.50. The van der Waals surface area contributed by atoms with Gasteiger partial charge in [0.2, 0.25) is 17.6 Å². The smallest absolute Gasteiger partial charge is 0.227 e. The molecule has 0 unspecified atom stereocenters. The van der Waals surface area contributed by atoms with E-state index in [2.05, 4.69) is 15.5 Å². The first-order chi connectivity index (χ1) is 11.7. The van der Waals surface area contributed by atoms with Crippen molar-refractivity contribution < 1.29 is 9.32 Å². The molecule has 0 radical (unpaired) electrons. The first-order valence-corrected chi connectivity index (χ1v) is 8.64. The molecule has 3 heterocycles. The van der Waals surface area contributed by atoms with E-state index in [0.717, 1.165) is 31.7 Å². The number of carbonyl (C=O) groups is 1. The van der Waals surface area contributed by atoms with Crippen molar-refractivity contribution in [2.75, 3.05) is 26.2 Å². The van der Waals surface area contributed by atoms with E-state index in [0.29, 0.717) is 41.4 Å². The highest BCUT2D eigenvalue weighted by atomic mass is 35.5. The average Bonchev–Trinajstić information content (AvgIpc) is 3.29. The molecular weight excluding hydrogens is 363 g/mol. The molecule has 2 fully saturated rings. The highest BCUT2D eigenvalue weighted by Gasteiger charge is 2.37. The molecule has 8 heteroatoms. The molecule has 6 nitrogen and oxygen atoms in total. The van der Waals surface area contributed by atoms with Crippen LogP contribution in [0.5, 0.6) is 0 Å². The van der Waals surface area contributed by atoms with Gasteiger partial charge in [-0.1, -0.05) is 16.8 Å². The van der Waals surface area contributed by atoms with Crippen LogP contribution in [0.2, 0.25) is 5.02 Å². The number of halogens is 2.